The first-order valence-electron chi connectivity index (χ1n) is 9.20. The van der Waals surface area contributed by atoms with Crippen molar-refractivity contribution in [2.45, 2.75) is 47.2 Å². The molecule has 2 N–H and O–H groups in total. The fourth-order valence-electron chi connectivity index (χ4n) is 2.83. The standard InChI is InChI=1S/C20H31N5O/c1-6-21-20(22-10-7-11-25-17(4)13-16(3)24-25)23-14-18-9-8-15(2)12-19(18)26-5/h8-9,12-13H,6-7,10-11,14H2,1-5H3,(H2,21,22,23). The third kappa shape index (κ3) is 5.79. The Morgan fingerprint density at radius 1 is 1.19 bits per heavy atom. The van der Waals surface area contributed by atoms with Gasteiger partial charge in [-0.15, -0.1) is 0 Å². The van der Waals surface area contributed by atoms with Gasteiger partial charge in [-0.25, -0.2) is 4.99 Å². The SMILES string of the molecule is CCNC(=NCc1ccc(C)cc1OC)NCCCn1nc(C)cc1C. The van der Waals surface area contributed by atoms with Gasteiger partial charge in [-0.1, -0.05) is 12.1 Å². The lowest BCUT2D eigenvalue weighted by Gasteiger charge is -2.13. The molecule has 0 aliphatic heterocycles. The Bertz CT molecular complexity index is 736. The summed E-state index contributed by atoms with van der Waals surface area (Å²) in [6.07, 6.45) is 0.986. The van der Waals surface area contributed by atoms with Gasteiger partial charge in [0.1, 0.15) is 5.75 Å². The second kappa shape index (κ2) is 9.85. The Morgan fingerprint density at radius 3 is 2.65 bits per heavy atom. The van der Waals surface area contributed by atoms with Crippen LogP contribution < -0.4 is 15.4 Å². The quantitative estimate of drug-likeness (QED) is 0.433. The van der Waals surface area contributed by atoms with Crippen LogP contribution in [0.5, 0.6) is 5.75 Å². The van der Waals surface area contributed by atoms with E-state index in [1.165, 1.54) is 11.3 Å². The zero-order chi connectivity index (χ0) is 18.9. The van der Waals surface area contributed by atoms with E-state index in [-0.39, 0.29) is 0 Å². The number of methoxy groups -OCH3 is 1. The van der Waals surface area contributed by atoms with Crippen LogP contribution in [0.15, 0.2) is 29.3 Å². The number of nitrogens with one attached hydrogen (secondary N) is 2. The Hall–Kier alpha value is -2.50. The van der Waals surface area contributed by atoms with Gasteiger partial charge in [0.05, 0.1) is 19.3 Å². The number of rotatable bonds is 8. The van der Waals surface area contributed by atoms with Gasteiger partial charge < -0.3 is 15.4 Å². The van der Waals surface area contributed by atoms with E-state index >= 15 is 0 Å². The first-order chi connectivity index (χ1) is 12.5. The Morgan fingerprint density at radius 2 is 2.00 bits per heavy atom. The fraction of sp³-hybridized carbons (Fsp3) is 0.500. The van der Waals surface area contributed by atoms with Crippen LogP contribution in [-0.4, -0.2) is 35.9 Å². The molecule has 6 nitrogen and oxygen atoms in total. The molecule has 0 aliphatic carbocycles. The molecule has 0 spiro atoms. The van der Waals surface area contributed by atoms with Crippen LogP contribution in [-0.2, 0) is 13.1 Å². The largest absolute Gasteiger partial charge is 0.496 e. The summed E-state index contributed by atoms with van der Waals surface area (Å²) in [5, 5.41) is 11.2. The Kier molecular flexibility index (Phi) is 7.51. The molecule has 6 heteroatoms. The van der Waals surface area contributed by atoms with E-state index in [1.54, 1.807) is 7.11 Å². The third-order valence-corrected chi connectivity index (χ3v) is 4.14. The molecule has 26 heavy (non-hydrogen) atoms. The molecule has 0 fully saturated rings. The van der Waals surface area contributed by atoms with Crippen LogP contribution in [0.1, 0.15) is 35.9 Å². The monoisotopic (exact) mass is 357 g/mol. The molecule has 0 aliphatic rings. The summed E-state index contributed by atoms with van der Waals surface area (Å²) >= 11 is 0. The molecule has 0 atom stereocenters. The maximum atomic E-state index is 5.46. The van der Waals surface area contributed by atoms with Gasteiger partial charge in [0.15, 0.2) is 5.96 Å². The summed E-state index contributed by atoms with van der Waals surface area (Å²) in [6.45, 7) is 11.4. The number of benzene rings is 1. The molecular formula is C20H31N5O. The number of hydrogen-bond donors (Lipinski definition) is 2. The molecule has 1 aromatic heterocycles. The van der Waals surface area contributed by atoms with Crippen molar-refractivity contribution >= 4 is 5.96 Å². The van der Waals surface area contributed by atoms with Crippen molar-refractivity contribution in [1.82, 2.24) is 20.4 Å². The van der Waals surface area contributed by atoms with Crippen LogP contribution in [0.2, 0.25) is 0 Å². The molecule has 0 amide bonds. The van der Waals surface area contributed by atoms with Crippen LogP contribution >= 0.6 is 0 Å². The summed E-state index contributed by atoms with van der Waals surface area (Å²) < 4.78 is 7.51. The van der Waals surface area contributed by atoms with Crippen molar-refractivity contribution in [3.05, 3.63) is 46.8 Å². The van der Waals surface area contributed by atoms with Gasteiger partial charge in [0.25, 0.3) is 0 Å². The van der Waals surface area contributed by atoms with Gasteiger partial charge in [-0.05, 0) is 51.8 Å². The molecule has 2 rings (SSSR count). The number of hydrogen-bond acceptors (Lipinski definition) is 3. The summed E-state index contributed by atoms with van der Waals surface area (Å²) in [6, 6.07) is 8.31. The van der Waals surface area contributed by atoms with E-state index in [0.717, 1.165) is 49.0 Å². The van der Waals surface area contributed by atoms with Crippen LogP contribution in [0, 0.1) is 20.8 Å². The van der Waals surface area contributed by atoms with Crippen molar-refractivity contribution < 1.29 is 4.74 Å². The second-order valence-electron chi connectivity index (χ2n) is 6.44. The van der Waals surface area contributed by atoms with Crippen molar-refractivity contribution in [2.75, 3.05) is 20.2 Å². The Balaban J connectivity index is 1.89. The van der Waals surface area contributed by atoms with Gasteiger partial charge in [-0.3, -0.25) is 4.68 Å². The Labute approximate surface area is 156 Å². The highest BCUT2D eigenvalue weighted by Crippen LogP contribution is 2.20. The lowest BCUT2D eigenvalue weighted by Crippen LogP contribution is -2.38. The minimum absolute atomic E-state index is 0.580. The molecule has 1 aromatic carbocycles. The number of guanidine groups is 1. The summed E-state index contributed by atoms with van der Waals surface area (Å²) in [4.78, 5) is 4.68. The highest BCUT2D eigenvalue weighted by atomic mass is 16.5. The van der Waals surface area contributed by atoms with Gasteiger partial charge >= 0.3 is 0 Å². The highest BCUT2D eigenvalue weighted by molar-refractivity contribution is 5.79. The molecule has 142 valence electrons. The van der Waals surface area contributed by atoms with E-state index in [1.807, 2.05) is 13.0 Å². The number of aryl methyl sites for hydroxylation is 4. The molecule has 0 bridgehead atoms. The average Bonchev–Trinajstić information content (AvgIpc) is 2.94. The molecule has 0 saturated heterocycles. The predicted molar refractivity (Wildman–Crippen MR) is 107 cm³/mol. The van der Waals surface area contributed by atoms with E-state index in [0.29, 0.717) is 6.54 Å². The second-order valence-corrected chi connectivity index (χ2v) is 6.44. The number of aromatic nitrogens is 2. The summed E-state index contributed by atoms with van der Waals surface area (Å²) in [5.74, 6) is 1.71. The molecule has 0 unspecified atom stereocenters. The number of nitrogens with zero attached hydrogens (tertiary/aromatic N) is 3. The summed E-state index contributed by atoms with van der Waals surface area (Å²) in [5.41, 5.74) is 4.54. The highest BCUT2D eigenvalue weighted by Gasteiger charge is 2.04. The number of aliphatic imine (C=N–C) groups is 1. The number of ether oxygens (including phenoxy) is 1. The third-order valence-electron chi connectivity index (χ3n) is 4.14. The predicted octanol–water partition coefficient (Wildman–Crippen LogP) is 2.96. The smallest absolute Gasteiger partial charge is 0.191 e. The van der Waals surface area contributed by atoms with Gasteiger partial charge in [0, 0.05) is 30.9 Å². The first kappa shape index (κ1) is 19.8. The van der Waals surface area contributed by atoms with Crippen LogP contribution in [0.4, 0.5) is 0 Å². The minimum Gasteiger partial charge on any atom is -0.496 e. The van der Waals surface area contributed by atoms with Crippen molar-refractivity contribution in [3.63, 3.8) is 0 Å². The maximum Gasteiger partial charge on any atom is 0.191 e. The van der Waals surface area contributed by atoms with Crippen molar-refractivity contribution in [3.8, 4) is 5.75 Å². The maximum absolute atomic E-state index is 5.46. The van der Waals surface area contributed by atoms with E-state index < -0.39 is 0 Å². The van der Waals surface area contributed by atoms with E-state index in [4.69, 9.17) is 4.74 Å². The molecule has 1 heterocycles. The molecule has 0 radical (unpaired) electrons. The van der Waals surface area contributed by atoms with Gasteiger partial charge in [0.2, 0.25) is 0 Å². The van der Waals surface area contributed by atoms with Crippen molar-refractivity contribution in [1.29, 1.82) is 0 Å². The van der Waals surface area contributed by atoms with Crippen LogP contribution in [0.25, 0.3) is 0 Å². The average molecular weight is 358 g/mol. The zero-order valence-corrected chi connectivity index (χ0v) is 16.6. The van der Waals surface area contributed by atoms with E-state index in [9.17, 15) is 0 Å². The first-order valence-corrected chi connectivity index (χ1v) is 9.20. The van der Waals surface area contributed by atoms with E-state index in [2.05, 4.69) is 64.4 Å². The van der Waals surface area contributed by atoms with Gasteiger partial charge in [-0.2, -0.15) is 5.10 Å². The van der Waals surface area contributed by atoms with Crippen molar-refractivity contribution in [2.24, 2.45) is 4.99 Å². The molecule has 2 aromatic rings. The lowest BCUT2D eigenvalue weighted by molar-refractivity contribution is 0.409. The topological polar surface area (TPSA) is 63.5 Å². The summed E-state index contributed by atoms with van der Waals surface area (Å²) in [7, 11) is 1.70. The molecule has 0 saturated carbocycles. The molecular weight excluding hydrogens is 326 g/mol. The minimum atomic E-state index is 0.580. The lowest BCUT2D eigenvalue weighted by atomic mass is 10.1. The van der Waals surface area contributed by atoms with Crippen LogP contribution in [0.3, 0.4) is 0 Å². The fourth-order valence-corrected chi connectivity index (χ4v) is 2.83. The zero-order valence-electron chi connectivity index (χ0n) is 16.6. The normalized spacial score (nSPS) is 11.5.